The van der Waals surface area contributed by atoms with Gasteiger partial charge in [-0.3, -0.25) is 4.98 Å². The van der Waals surface area contributed by atoms with Crippen molar-refractivity contribution in [2.45, 2.75) is 45.2 Å². The molecule has 0 saturated heterocycles. The average molecular weight is 236 g/mol. The SMILES string of the molecule is C=CCCCC(NC(C)C)c1ccc(F)cn1. The summed E-state index contributed by atoms with van der Waals surface area (Å²) >= 11 is 0. The van der Waals surface area contributed by atoms with Gasteiger partial charge in [-0.2, -0.15) is 0 Å². The Morgan fingerprint density at radius 2 is 2.24 bits per heavy atom. The maximum Gasteiger partial charge on any atom is 0.141 e. The van der Waals surface area contributed by atoms with E-state index in [9.17, 15) is 4.39 Å². The molecule has 1 unspecified atom stereocenters. The number of nitrogens with one attached hydrogen (secondary N) is 1. The van der Waals surface area contributed by atoms with Gasteiger partial charge in [0.25, 0.3) is 0 Å². The predicted octanol–water partition coefficient (Wildman–Crippen LogP) is 3.62. The Morgan fingerprint density at radius 3 is 2.76 bits per heavy atom. The average Bonchev–Trinajstić information content (AvgIpc) is 2.28. The van der Waals surface area contributed by atoms with Crippen molar-refractivity contribution in [2.75, 3.05) is 0 Å². The van der Waals surface area contributed by atoms with Crippen LogP contribution in [0.15, 0.2) is 31.0 Å². The molecule has 17 heavy (non-hydrogen) atoms. The molecule has 0 radical (unpaired) electrons. The third kappa shape index (κ3) is 5.09. The molecule has 0 fully saturated rings. The maximum atomic E-state index is 12.8. The molecule has 0 amide bonds. The van der Waals surface area contributed by atoms with E-state index in [-0.39, 0.29) is 11.9 Å². The molecule has 0 spiro atoms. The first kappa shape index (κ1) is 13.8. The van der Waals surface area contributed by atoms with Gasteiger partial charge >= 0.3 is 0 Å². The molecule has 2 nitrogen and oxygen atoms in total. The minimum atomic E-state index is -0.289. The van der Waals surface area contributed by atoms with Gasteiger partial charge in [0.15, 0.2) is 0 Å². The Morgan fingerprint density at radius 1 is 1.47 bits per heavy atom. The standard InChI is InChI=1S/C14H21FN2/c1-4-5-6-7-14(17-11(2)3)13-9-8-12(15)10-16-13/h4,8-11,14,17H,1,5-7H2,2-3H3. The van der Waals surface area contributed by atoms with Crippen LogP contribution in [-0.4, -0.2) is 11.0 Å². The quantitative estimate of drug-likeness (QED) is 0.578. The van der Waals surface area contributed by atoms with Crippen LogP contribution < -0.4 is 5.32 Å². The summed E-state index contributed by atoms with van der Waals surface area (Å²) < 4.78 is 12.8. The lowest BCUT2D eigenvalue weighted by Crippen LogP contribution is -2.28. The van der Waals surface area contributed by atoms with Gasteiger partial charge in [0.05, 0.1) is 11.9 Å². The van der Waals surface area contributed by atoms with Crippen LogP contribution in [0.4, 0.5) is 4.39 Å². The first-order chi connectivity index (χ1) is 8.13. The third-order valence-electron chi connectivity index (χ3n) is 2.54. The molecule has 0 aliphatic heterocycles. The van der Waals surface area contributed by atoms with Crippen molar-refractivity contribution in [3.8, 4) is 0 Å². The van der Waals surface area contributed by atoms with E-state index in [1.165, 1.54) is 12.3 Å². The summed E-state index contributed by atoms with van der Waals surface area (Å²) in [5.74, 6) is -0.289. The smallest absolute Gasteiger partial charge is 0.141 e. The minimum Gasteiger partial charge on any atom is -0.306 e. The van der Waals surface area contributed by atoms with Crippen LogP contribution in [0.3, 0.4) is 0 Å². The Balaban J connectivity index is 2.67. The predicted molar refractivity (Wildman–Crippen MR) is 69.3 cm³/mol. The molecule has 3 heteroatoms. The largest absolute Gasteiger partial charge is 0.306 e. The Hall–Kier alpha value is -1.22. The molecular formula is C14H21FN2. The van der Waals surface area contributed by atoms with Gasteiger partial charge in [0, 0.05) is 12.1 Å². The van der Waals surface area contributed by atoms with Crippen LogP contribution in [0.5, 0.6) is 0 Å². The number of hydrogen-bond donors (Lipinski definition) is 1. The van der Waals surface area contributed by atoms with E-state index in [1.54, 1.807) is 6.07 Å². The van der Waals surface area contributed by atoms with Crippen molar-refractivity contribution in [1.29, 1.82) is 0 Å². The van der Waals surface area contributed by atoms with Crippen LogP contribution in [-0.2, 0) is 0 Å². The van der Waals surface area contributed by atoms with Crippen LogP contribution in [0, 0.1) is 5.82 Å². The number of unbranched alkanes of at least 4 members (excludes halogenated alkanes) is 1. The van der Waals surface area contributed by atoms with E-state index in [2.05, 4.69) is 30.7 Å². The lowest BCUT2D eigenvalue weighted by molar-refractivity contribution is 0.434. The molecule has 1 N–H and O–H groups in total. The topological polar surface area (TPSA) is 24.9 Å². The summed E-state index contributed by atoms with van der Waals surface area (Å²) in [6.07, 6.45) is 6.25. The molecule has 0 bridgehead atoms. The molecule has 94 valence electrons. The number of allylic oxidation sites excluding steroid dienone is 1. The van der Waals surface area contributed by atoms with Gasteiger partial charge in [0.1, 0.15) is 5.82 Å². The second-order valence-electron chi connectivity index (χ2n) is 4.49. The van der Waals surface area contributed by atoms with Gasteiger partial charge in [-0.25, -0.2) is 4.39 Å². The molecule has 0 saturated carbocycles. The monoisotopic (exact) mass is 236 g/mol. The first-order valence-electron chi connectivity index (χ1n) is 6.12. The Labute approximate surface area is 103 Å². The highest BCUT2D eigenvalue weighted by atomic mass is 19.1. The van der Waals surface area contributed by atoms with E-state index >= 15 is 0 Å². The fourth-order valence-corrected chi connectivity index (χ4v) is 1.78. The summed E-state index contributed by atoms with van der Waals surface area (Å²) in [6, 6.07) is 3.79. The van der Waals surface area contributed by atoms with E-state index in [0.29, 0.717) is 6.04 Å². The number of halogens is 1. The van der Waals surface area contributed by atoms with Gasteiger partial charge < -0.3 is 5.32 Å². The molecule has 1 aromatic rings. The maximum absolute atomic E-state index is 12.8. The number of hydrogen-bond acceptors (Lipinski definition) is 2. The van der Waals surface area contributed by atoms with Crippen LogP contribution in [0.2, 0.25) is 0 Å². The van der Waals surface area contributed by atoms with Crippen molar-refractivity contribution in [3.63, 3.8) is 0 Å². The highest BCUT2D eigenvalue weighted by Gasteiger charge is 2.13. The highest BCUT2D eigenvalue weighted by Crippen LogP contribution is 2.18. The van der Waals surface area contributed by atoms with Crippen LogP contribution in [0.1, 0.15) is 44.8 Å². The second kappa shape index (κ2) is 7.17. The van der Waals surface area contributed by atoms with Gasteiger partial charge in [-0.1, -0.05) is 19.9 Å². The molecule has 0 aromatic carbocycles. The van der Waals surface area contributed by atoms with Crippen molar-refractivity contribution in [3.05, 3.63) is 42.5 Å². The van der Waals surface area contributed by atoms with Crippen molar-refractivity contribution in [1.82, 2.24) is 10.3 Å². The lowest BCUT2D eigenvalue weighted by Gasteiger charge is -2.20. The van der Waals surface area contributed by atoms with Crippen molar-refractivity contribution >= 4 is 0 Å². The van der Waals surface area contributed by atoms with Crippen LogP contribution in [0.25, 0.3) is 0 Å². The summed E-state index contributed by atoms with van der Waals surface area (Å²) in [5, 5.41) is 3.46. The number of rotatable bonds is 7. The normalized spacial score (nSPS) is 12.7. The van der Waals surface area contributed by atoms with Gasteiger partial charge in [-0.05, 0) is 31.4 Å². The lowest BCUT2D eigenvalue weighted by atomic mass is 10.0. The molecule has 1 rings (SSSR count). The van der Waals surface area contributed by atoms with Gasteiger partial charge in [0.2, 0.25) is 0 Å². The first-order valence-corrected chi connectivity index (χ1v) is 6.12. The fraction of sp³-hybridized carbons (Fsp3) is 0.500. The summed E-state index contributed by atoms with van der Waals surface area (Å²) in [5.41, 5.74) is 0.907. The Bertz CT molecular complexity index is 333. The fourth-order valence-electron chi connectivity index (χ4n) is 1.78. The van der Waals surface area contributed by atoms with E-state index < -0.39 is 0 Å². The minimum absolute atomic E-state index is 0.190. The number of aromatic nitrogens is 1. The third-order valence-corrected chi connectivity index (χ3v) is 2.54. The van der Waals surface area contributed by atoms with E-state index in [1.807, 2.05) is 6.08 Å². The summed E-state index contributed by atoms with van der Waals surface area (Å²) in [4.78, 5) is 4.15. The van der Waals surface area contributed by atoms with E-state index in [4.69, 9.17) is 0 Å². The van der Waals surface area contributed by atoms with Crippen molar-refractivity contribution < 1.29 is 4.39 Å². The zero-order valence-corrected chi connectivity index (χ0v) is 10.6. The Kier molecular flexibility index (Phi) is 5.84. The zero-order chi connectivity index (χ0) is 12.7. The summed E-state index contributed by atoms with van der Waals surface area (Å²) in [7, 11) is 0. The highest BCUT2D eigenvalue weighted by molar-refractivity contribution is 5.10. The molecule has 1 aromatic heterocycles. The van der Waals surface area contributed by atoms with Crippen molar-refractivity contribution in [2.24, 2.45) is 0 Å². The number of nitrogens with zero attached hydrogens (tertiary/aromatic N) is 1. The van der Waals surface area contributed by atoms with Gasteiger partial charge in [-0.15, -0.1) is 6.58 Å². The van der Waals surface area contributed by atoms with E-state index in [0.717, 1.165) is 25.0 Å². The molecule has 0 aliphatic carbocycles. The number of pyridine rings is 1. The molecule has 1 heterocycles. The molecular weight excluding hydrogens is 215 g/mol. The second-order valence-corrected chi connectivity index (χ2v) is 4.49. The summed E-state index contributed by atoms with van der Waals surface area (Å²) in [6.45, 7) is 7.92. The van der Waals surface area contributed by atoms with Crippen LogP contribution >= 0.6 is 0 Å². The molecule has 0 aliphatic rings. The molecule has 1 atom stereocenters. The zero-order valence-electron chi connectivity index (χ0n) is 10.6.